The molecule has 282 valence electrons. The van der Waals surface area contributed by atoms with Crippen molar-refractivity contribution < 1.29 is 24.2 Å². The molecule has 1 aliphatic heterocycles. The lowest BCUT2D eigenvalue weighted by molar-refractivity contribution is -0.135. The summed E-state index contributed by atoms with van der Waals surface area (Å²) < 4.78 is 6.02. The van der Waals surface area contributed by atoms with E-state index in [4.69, 9.17) is 11.2 Å². The van der Waals surface area contributed by atoms with Crippen LogP contribution in [0.1, 0.15) is 93.3 Å². The van der Waals surface area contributed by atoms with E-state index in [-0.39, 0.29) is 11.8 Å². The van der Waals surface area contributed by atoms with Gasteiger partial charge in [-0.1, -0.05) is 44.0 Å². The highest BCUT2D eigenvalue weighted by molar-refractivity contribution is 5.98. The summed E-state index contributed by atoms with van der Waals surface area (Å²) in [6.07, 6.45) is 11.9. The summed E-state index contributed by atoms with van der Waals surface area (Å²) in [7, 11) is 3.35. The molecule has 3 aliphatic rings. The topological polar surface area (TPSA) is 107 Å². The smallest absolute Gasteiger partial charge is 0.408 e. The molecule has 1 N–H and O–H groups in total. The minimum absolute atomic E-state index is 0.0914. The standard InChI is InChI=1S/C43H55N5O5/c1-7-22-48(41(50)37-18-16-31-12-9-10-14-36(31)44-37)30(4)40(49)47-25-23-46(24-26-47)38-28-35-32(27-39(38)53-42(51)45(5)6)15-17-33-29(3)19-21-43(52,8-2)20-11-13-34(33)35/h2,9-10,12,14,16,18,27-30,33-34,52H,7,11,13,15,17,19-26H2,1,3-6H3/t29?,30-,33-,34?,43+/m0/s1. The Bertz CT molecular complexity index is 1860. The molecule has 0 radical (unpaired) electrons. The van der Waals surface area contributed by atoms with Crippen LogP contribution >= 0.6 is 0 Å². The number of aromatic nitrogens is 1. The van der Waals surface area contributed by atoms with Gasteiger partial charge >= 0.3 is 6.09 Å². The molecule has 1 aromatic heterocycles. The largest absolute Gasteiger partial charge is 0.414 e. The molecule has 2 heterocycles. The fourth-order valence-electron chi connectivity index (χ4n) is 8.68. The number of amides is 3. The Balaban J connectivity index is 1.22. The molecule has 3 amide bonds. The van der Waals surface area contributed by atoms with E-state index in [2.05, 4.69) is 34.9 Å². The number of pyridine rings is 1. The van der Waals surface area contributed by atoms with E-state index >= 15 is 0 Å². The number of nitrogens with zero attached hydrogens (tertiary/aromatic N) is 5. The molecule has 2 aromatic carbocycles. The maximum Gasteiger partial charge on any atom is 0.414 e. The number of aryl methyl sites for hydroxylation is 1. The van der Waals surface area contributed by atoms with Gasteiger partial charge in [0.25, 0.3) is 5.91 Å². The van der Waals surface area contributed by atoms with Crippen molar-refractivity contribution >= 4 is 34.5 Å². The number of carbonyl (C=O) groups is 3. The van der Waals surface area contributed by atoms with E-state index in [0.29, 0.717) is 81.2 Å². The number of hydrogen-bond acceptors (Lipinski definition) is 7. The van der Waals surface area contributed by atoms with Crippen molar-refractivity contribution in [3.63, 3.8) is 0 Å². The van der Waals surface area contributed by atoms with Crippen molar-refractivity contribution in [3.05, 3.63) is 65.4 Å². The first-order chi connectivity index (χ1) is 25.4. The Labute approximate surface area is 314 Å². The fraction of sp³-hybridized carbons (Fsp3) is 0.535. The predicted molar refractivity (Wildman–Crippen MR) is 208 cm³/mol. The SMILES string of the molecule is C#C[C@@]1(O)CCCC2c3cc(N4CCN(C(=O)[C@H](C)N(CCC)C(=O)c5ccc6ccccc6n5)CC4)c(OC(=O)N(C)C)cc3CC[C@H]2C(C)CC1. The molecule has 2 aliphatic carbocycles. The van der Waals surface area contributed by atoms with E-state index < -0.39 is 17.7 Å². The van der Waals surface area contributed by atoms with Crippen molar-refractivity contribution in [1.29, 1.82) is 0 Å². The summed E-state index contributed by atoms with van der Waals surface area (Å²) in [6.45, 7) is 8.60. The third-order valence-electron chi connectivity index (χ3n) is 11.9. The quantitative estimate of drug-likeness (QED) is 0.278. The van der Waals surface area contributed by atoms with Crippen molar-refractivity contribution in [2.45, 2.75) is 89.7 Å². The van der Waals surface area contributed by atoms with Crippen LogP contribution in [-0.2, 0) is 11.2 Å². The Morgan fingerprint density at radius 2 is 1.81 bits per heavy atom. The van der Waals surface area contributed by atoms with Gasteiger partial charge in [-0.25, -0.2) is 9.78 Å². The second-order valence-electron chi connectivity index (χ2n) is 15.6. The van der Waals surface area contributed by atoms with E-state index in [1.165, 1.54) is 16.0 Å². The average Bonchev–Trinajstić information content (AvgIpc) is 3.23. The molecular formula is C43H55N5O5. The number of carbonyl (C=O) groups excluding carboxylic acids is 3. The van der Waals surface area contributed by atoms with Gasteiger partial charge < -0.3 is 29.4 Å². The van der Waals surface area contributed by atoms with Crippen molar-refractivity contribution in [2.24, 2.45) is 11.8 Å². The summed E-state index contributed by atoms with van der Waals surface area (Å²) in [4.78, 5) is 52.5. The number of piperazine rings is 1. The maximum absolute atomic E-state index is 14.0. The number of ether oxygens (including phenoxy) is 1. The van der Waals surface area contributed by atoms with Crippen LogP contribution < -0.4 is 9.64 Å². The minimum atomic E-state index is -1.05. The van der Waals surface area contributed by atoms with E-state index in [1.807, 2.05) is 49.1 Å². The molecule has 2 fully saturated rings. The second kappa shape index (κ2) is 16.2. The Morgan fingerprint density at radius 1 is 1.06 bits per heavy atom. The molecule has 6 rings (SSSR count). The van der Waals surface area contributed by atoms with Gasteiger partial charge in [0, 0.05) is 52.2 Å². The number of terminal acetylenes is 1. The first kappa shape index (κ1) is 38.1. The normalized spacial score (nSPS) is 23.7. The van der Waals surface area contributed by atoms with E-state index in [9.17, 15) is 19.5 Å². The lowest BCUT2D eigenvalue weighted by Gasteiger charge is -2.41. The summed E-state index contributed by atoms with van der Waals surface area (Å²) in [5, 5.41) is 12.0. The zero-order valence-corrected chi connectivity index (χ0v) is 32.0. The number of aliphatic hydroxyl groups is 1. The highest BCUT2D eigenvalue weighted by Crippen LogP contribution is 2.49. The number of rotatable bonds is 7. The van der Waals surface area contributed by atoms with Crippen LogP contribution in [0, 0.1) is 24.2 Å². The van der Waals surface area contributed by atoms with Gasteiger partial charge in [-0.15, -0.1) is 6.42 Å². The number of anilines is 1. The monoisotopic (exact) mass is 721 g/mol. The van der Waals surface area contributed by atoms with Crippen LogP contribution in [0.25, 0.3) is 10.9 Å². The van der Waals surface area contributed by atoms with Gasteiger partial charge in [0.2, 0.25) is 5.91 Å². The van der Waals surface area contributed by atoms with Gasteiger partial charge in [0.1, 0.15) is 17.3 Å². The van der Waals surface area contributed by atoms with Crippen LogP contribution in [0.4, 0.5) is 10.5 Å². The molecule has 2 unspecified atom stereocenters. The Hall–Kier alpha value is -4.62. The summed E-state index contributed by atoms with van der Waals surface area (Å²) in [5.41, 5.74) is 3.38. The Morgan fingerprint density at radius 3 is 2.53 bits per heavy atom. The highest BCUT2D eigenvalue weighted by Gasteiger charge is 2.38. The molecule has 10 heteroatoms. The zero-order valence-electron chi connectivity index (χ0n) is 32.0. The second-order valence-corrected chi connectivity index (χ2v) is 15.6. The van der Waals surface area contributed by atoms with Gasteiger partial charge in [-0.05, 0) is 111 Å². The molecule has 5 atom stereocenters. The Kier molecular flexibility index (Phi) is 11.6. The van der Waals surface area contributed by atoms with Gasteiger partial charge in [-0.2, -0.15) is 0 Å². The van der Waals surface area contributed by atoms with E-state index in [0.717, 1.165) is 48.7 Å². The van der Waals surface area contributed by atoms with Gasteiger partial charge in [0.05, 0.1) is 11.2 Å². The number of benzene rings is 2. The molecule has 1 saturated carbocycles. The number of fused-ring (bicyclic) bond motifs is 4. The van der Waals surface area contributed by atoms with Crippen LogP contribution in [0.5, 0.6) is 5.75 Å². The first-order valence-corrected chi connectivity index (χ1v) is 19.4. The number of para-hydroxylation sites is 1. The summed E-state index contributed by atoms with van der Waals surface area (Å²) in [5.74, 6) is 4.07. The molecule has 1 saturated heterocycles. The first-order valence-electron chi connectivity index (χ1n) is 19.4. The van der Waals surface area contributed by atoms with Gasteiger partial charge in [-0.3, -0.25) is 9.59 Å². The summed E-state index contributed by atoms with van der Waals surface area (Å²) >= 11 is 0. The van der Waals surface area contributed by atoms with Gasteiger partial charge in [0.15, 0.2) is 5.75 Å². The lowest BCUT2D eigenvalue weighted by atomic mass is 9.67. The maximum atomic E-state index is 14.0. The summed E-state index contributed by atoms with van der Waals surface area (Å²) in [6, 6.07) is 15.0. The third-order valence-corrected chi connectivity index (χ3v) is 11.9. The van der Waals surface area contributed by atoms with Crippen LogP contribution in [-0.4, -0.2) is 101 Å². The third kappa shape index (κ3) is 8.16. The van der Waals surface area contributed by atoms with Crippen LogP contribution in [0.3, 0.4) is 0 Å². The molecule has 0 spiro atoms. The predicted octanol–water partition coefficient (Wildman–Crippen LogP) is 6.50. The molecule has 53 heavy (non-hydrogen) atoms. The van der Waals surface area contributed by atoms with E-state index in [1.54, 1.807) is 25.1 Å². The average molecular weight is 722 g/mol. The zero-order chi connectivity index (χ0) is 37.9. The fourth-order valence-corrected chi connectivity index (χ4v) is 8.68. The van der Waals surface area contributed by atoms with Crippen molar-refractivity contribution in [1.82, 2.24) is 19.7 Å². The van der Waals surface area contributed by atoms with Crippen molar-refractivity contribution in [2.75, 3.05) is 51.7 Å². The minimum Gasteiger partial charge on any atom is -0.408 e. The molecular weight excluding hydrogens is 667 g/mol. The molecule has 10 nitrogen and oxygen atoms in total. The highest BCUT2D eigenvalue weighted by atomic mass is 16.6. The van der Waals surface area contributed by atoms with Crippen LogP contribution in [0.2, 0.25) is 0 Å². The van der Waals surface area contributed by atoms with Crippen molar-refractivity contribution in [3.8, 4) is 18.1 Å². The van der Waals surface area contributed by atoms with Crippen LogP contribution in [0.15, 0.2) is 48.5 Å². The molecule has 0 bridgehead atoms. The lowest BCUT2D eigenvalue weighted by Crippen LogP contribution is -2.55. The molecule has 3 aromatic rings. The number of hydrogen-bond donors (Lipinski definition) is 1.